The lowest BCUT2D eigenvalue weighted by Crippen LogP contribution is -2.32. The Balaban J connectivity index is 1.55. The van der Waals surface area contributed by atoms with Gasteiger partial charge in [0.15, 0.2) is 0 Å². The first-order valence-corrected chi connectivity index (χ1v) is 10.2. The molecule has 5 rings (SSSR count). The van der Waals surface area contributed by atoms with Crippen molar-refractivity contribution in [3.8, 4) is 16.9 Å². The zero-order valence-corrected chi connectivity index (χ0v) is 17.7. The van der Waals surface area contributed by atoms with Crippen molar-refractivity contribution in [3.63, 3.8) is 0 Å². The highest BCUT2D eigenvalue weighted by Crippen LogP contribution is 2.32. The maximum absolute atomic E-state index is 13.4. The normalized spacial score (nSPS) is 13.4. The van der Waals surface area contributed by atoms with E-state index in [1.54, 1.807) is 13.3 Å². The van der Waals surface area contributed by atoms with Gasteiger partial charge in [0.1, 0.15) is 17.4 Å². The summed E-state index contributed by atoms with van der Waals surface area (Å²) >= 11 is 0. The smallest absolute Gasteiger partial charge is 0.213 e. The lowest BCUT2D eigenvalue weighted by atomic mass is 9.99. The second-order valence-corrected chi connectivity index (χ2v) is 7.80. The fourth-order valence-corrected chi connectivity index (χ4v) is 4.15. The summed E-state index contributed by atoms with van der Waals surface area (Å²) in [7, 11) is 1.66. The van der Waals surface area contributed by atoms with Gasteiger partial charge in [0.2, 0.25) is 5.95 Å². The molecule has 1 aromatic carbocycles. The van der Waals surface area contributed by atoms with Gasteiger partial charge in [0, 0.05) is 54.1 Å². The molecule has 0 unspecified atom stereocenters. The van der Waals surface area contributed by atoms with Gasteiger partial charge in [-0.05, 0) is 55.3 Å². The van der Waals surface area contributed by atoms with Gasteiger partial charge in [0.25, 0.3) is 0 Å². The Kier molecular flexibility index (Phi) is 4.73. The van der Waals surface area contributed by atoms with Crippen molar-refractivity contribution in [2.24, 2.45) is 0 Å². The second kappa shape index (κ2) is 7.58. The van der Waals surface area contributed by atoms with Crippen molar-refractivity contribution in [1.82, 2.24) is 19.9 Å². The highest BCUT2D eigenvalue weighted by Gasteiger charge is 2.22. The molecule has 7 heteroatoms. The number of aromatic nitrogens is 4. The molecular weight excluding hydrogens is 393 g/mol. The van der Waals surface area contributed by atoms with Gasteiger partial charge in [-0.1, -0.05) is 0 Å². The number of rotatable bonds is 3. The quantitative estimate of drug-likeness (QED) is 0.462. The number of aryl methyl sites for hydroxylation is 2. The van der Waals surface area contributed by atoms with E-state index in [4.69, 9.17) is 14.7 Å². The molecular formula is C24H22FN5O. The molecule has 0 bridgehead atoms. The first-order valence-electron chi connectivity index (χ1n) is 10.2. The minimum Gasteiger partial charge on any atom is -0.497 e. The number of anilines is 1. The molecule has 0 amide bonds. The molecule has 0 saturated heterocycles. The van der Waals surface area contributed by atoms with E-state index in [-0.39, 0.29) is 0 Å². The van der Waals surface area contributed by atoms with E-state index in [0.29, 0.717) is 6.54 Å². The summed E-state index contributed by atoms with van der Waals surface area (Å²) in [6.45, 7) is 5.30. The van der Waals surface area contributed by atoms with Gasteiger partial charge in [-0.25, -0.2) is 15.0 Å². The van der Waals surface area contributed by atoms with Gasteiger partial charge in [-0.3, -0.25) is 4.98 Å². The van der Waals surface area contributed by atoms with E-state index < -0.39 is 5.95 Å². The number of nitrogens with zero attached hydrogens (tertiary/aromatic N) is 5. The third-order valence-electron chi connectivity index (χ3n) is 5.72. The van der Waals surface area contributed by atoms with E-state index >= 15 is 0 Å². The van der Waals surface area contributed by atoms with Crippen LogP contribution in [0.2, 0.25) is 0 Å². The summed E-state index contributed by atoms with van der Waals surface area (Å²) in [4.78, 5) is 20.1. The molecule has 6 nitrogen and oxygen atoms in total. The van der Waals surface area contributed by atoms with Crippen LogP contribution in [0.15, 0.2) is 42.7 Å². The number of benzene rings is 1. The van der Waals surface area contributed by atoms with Crippen LogP contribution in [0.5, 0.6) is 5.75 Å². The Morgan fingerprint density at radius 3 is 2.71 bits per heavy atom. The highest BCUT2D eigenvalue weighted by molar-refractivity contribution is 5.90. The van der Waals surface area contributed by atoms with Gasteiger partial charge in [-0.15, -0.1) is 0 Å². The van der Waals surface area contributed by atoms with Crippen molar-refractivity contribution >= 4 is 16.7 Å². The van der Waals surface area contributed by atoms with Crippen LogP contribution in [0, 0.1) is 19.8 Å². The zero-order chi connectivity index (χ0) is 21.5. The standard InChI is InChI=1S/C24H22FN5O/c1-14-8-23(25)27-12-20(14)16-9-17-13-30(7-6-21(17)26-11-16)24-19-10-18(31-3)4-5-22(19)28-15(2)29-24/h4-5,8-12H,6-7,13H2,1-3H3. The lowest BCUT2D eigenvalue weighted by molar-refractivity contribution is 0.415. The SMILES string of the molecule is COc1ccc2nc(C)nc(N3CCc4ncc(-c5cnc(F)cc5C)cc4C3)c2c1. The summed E-state index contributed by atoms with van der Waals surface area (Å²) in [6.07, 6.45) is 4.25. The van der Waals surface area contributed by atoms with Crippen LogP contribution in [0.1, 0.15) is 22.6 Å². The molecule has 0 aliphatic carbocycles. The van der Waals surface area contributed by atoms with Crippen LogP contribution in [-0.2, 0) is 13.0 Å². The Bertz CT molecular complexity index is 1310. The summed E-state index contributed by atoms with van der Waals surface area (Å²) in [5.74, 6) is 1.94. The van der Waals surface area contributed by atoms with Crippen LogP contribution >= 0.6 is 0 Å². The number of pyridine rings is 2. The van der Waals surface area contributed by atoms with Gasteiger partial charge in [-0.2, -0.15) is 4.39 Å². The van der Waals surface area contributed by atoms with Crippen LogP contribution in [0.3, 0.4) is 0 Å². The Hall–Kier alpha value is -3.61. The van der Waals surface area contributed by atoms with E-state index in [2.05, 4.69) is 20.9 Å². The molecule has 3 aromatic heterocycles. The average molecular weight is 415 g/mol. The fourth-order valence-electron chi connectivity index (χ4n) is 4.15. The molecule has 0 atom stereocenters. The number of fused-ring (bicyclic) bond motifs is 2. The number of ether oxygens (including phenoxy) is 1. The predicted octanol–water partition coefficient (Wildman–Crippen LogP) is 4.41. The third-order valence-corrected chi connectivity index (χ3v) is 5.72. The molecule has 0 saturated carbocycles. The molecule has 31 heavy (non-hydrogen) atoms. The summed E-state index contributed by atoms with van der Waals surface area (Å²) in [5, 5.41) is 0.969. The molecule has 1 aliphatic rings. The Morgan fingerprint density at radius 2 is 1.90 bits per heavy atom. The second-order valence-electron chi connectivity index (χ2n) is 7.80. The van der Waals surface area contributed by atoms with Gasteiger partial charge < -0.3 is 9.64 Å². The Morgan fingerprint density at radius 1 is 1.03 bits per heavy atom. The monoisotopic (exact) mass is 415 g/mol. The van der Waals surface area contributed by atoms with Gasteiger partial charge in [0.05, 0.1) is 12.6 Å². The van der Waals surface area contributed by atoms with Crippen LogP contribution in [0.25, 0.3) is 22.0 Å². The van der Waals surface area contributed by atoms with Crippen molar-refractivity contribution in [2.45, 2.75) is 26.8 Å². The number of hydrogen-bond donors (Lipinski definition) is 0. The summed E-state index contributed by atoms with van der Waals surface area (Å²) in [5.41, 5.74) is 5.79. The minimum absolute atomic E-state index is 0.472. The van der Waals surface area contributed by atoms with Crippen molar-refractivity contribution < 1.29 is 9.13 Å². The number of hydrogen-bond acceptors (Lipinski definition) is 6. The lowest BCUT2D eigenvalue weighted by Gasteiger charge is -2.30. The number of halogens is 1. The highest BCUT2D eigenvalue weighted by atomic mass is 19.1. The Labute approximate surface area is 179 Å². The molecule has 4 heterocycles. The summed E-state index contributed by atoms with van der Waals surface area (Å²) < 4.78 is 18.9. The third kappa shape index (κ3) is 3.56. The van der Waals surface area contributed by atoms with Crippen LogP contribution < -0.4 is 9.64 Å². The predicted molar refractivity (Wildman–Crippen MR) is 118 cm³/mol. The fraction of sp³-hybridized carbons (Fsp3) is 0.250. The zero-order valence-electron chi connectivity index (χ0n) is 17.7. The molecule has 0 spiro atoms. The summed E-state index contributed by atoms with van der Waals surface area (Å²) in [6, 6.07) is 9.45. The maximum Gasteiger partial charge on any atom is 0.213 e. The first kappa shape index (κ1) is 19.4. The molecule has 0 N–H and O–H groups in total. The van der Waals surface area contributed by atoms with E-state index in [0.717, 1.165) is 69.2 Å². The molecule has 4 aromatic rings. The molecule has 0 radical (unpaired) electrons. The largest absolute Gasteiger partial charge is 0.497 e. The molecule has 0 fully saturated rings. The van der Waals surface area contributed by atoms with E-state index in [1.807, 2.05) is 38.2 Å². The van der Waals surface area contributed by atoms with Gasteiger partial charge >= 0.3 is 0 Å². The molecule has 156 valence electrons. The van der Waals surface area contributed by atoms with Crippen LogP contribution in [0.4, 0.5) is 10.2 Å². The van der Waals surface area contributed by atoms with E-state index in [9.17, 15) is 4.39 Å². The first-order chi connectivity index (χ1) is 15.0. The number of methoxy groups -OCH3 is 1. The van der Waals surface area contributed by atoms with Crippen molar-refractivity contribution in [1.29, 1.82) is 0 Å². The van der Waals surface area contributed by atoms with E-state index in [1.165, 1.54) is 6.07 Å². The molecule has 1 aliphatic heterocycles. The van der Waals surface area contributed by atoms with Crippen LogP contribution in [-0.4, -0.2) is 33.6 Å². The topological polar surface area (TPSA) is 64.0 Å². The minimum atomic E-state index is -0.472. The van der Waals surface area contributed by atoms with Crippen molar-refractivity contribution in [3.05, 3.63) is 71.3 Å². The average Bonchev–Trinajstić information content (AvgIpc) is 2.77. The maximum atomic E-state index is 13.4. The van der Waals surface area contributed by atoms with Crippen molar-refractivity contribution in [2.75, 3.05) is 18.6 Å².